The molecule has 0 bridgehead atoms. The van der Waals surface area contributed by atoms with Crippen LogP contribution in [-0.4, -0.2) is 40.3 Å². The summed E-state index contributed by atoms with van der Waals surface area (Å²) < 4.78 is 35.0. The molecule has 0 unspecified atom stereocenters. The van der Waals surface area contributed by atoms with Crippen molar-refractivity contribution in [1.82, 2.24) is 5.32 Å². The van der Waals surface area contributed by atoms with Gasteiger partial charge < -0.3 is 14.8 Å². The number of methoxy groups -OCH3 is 1. The van der Waals surface area contributed by atoms with Crippen molar-refractivity contribution in [2.75, 3.05) is 26.0 Å². The van der Waals surface area contributed by atoms with Gasteiger partial charge in [-0.15, -0.1) is 0 Å². The molecule has 6 nitrogen and oxygen atoms in total. The first-order valence-corrected chi connectivity index (χ1v) is 9.50. The second-order valence-electron chi connectivity index (χ2n) is 5.19. The fourth-order valence-corrected chi connectivity index (χ4v) is 3.41. The quantitative estimate of drug-likeness (QED) is 0.778. The van der Waals surface area contributed by atoms with E-state index < -0.39 is 9.84 Å². The zero-order valence-electron chi connectivity index (χ0n) is 14.2. The molecule has 134 valence electrons. The van der Waals surface area contributed by atoms with Gasteiger partial charge in [-0.2, -0.15) is 0 Å². The Bertz CT molecular complexity index is 819. The van der Waals surface area contributed by atoms with E-state index in [2.05, 4.69) is 5.32 Å². The van der Waals surface area contributed by atoms with Crippen molar-refractivity contribution in [3.63, 3.8) is 0 Å². The summed E-state index contributed by atoms with van der Waals surface area (Å²) in [7, 11) is -1.93. The van der Waals surface area contributed by atoms with Gasteiger partial charge in [0.05, 0.1) is 24.4 Å². The van der Waals surface area contributed by atoms with Gasteiger partial charge in [-0.1, -0.05) is 18.2 Å². The molecule has 1 amide bonds. The minimum atomic E-state index is -3.42. The van der Waals surface area contributed by atoms with Gasteiger partial charge in [-0.3, -0.25) is 4.79 Å². The number of amides is 1. The Morgan fingerprint density at radius 3 is 2.44 bits per heavy atom. The van der Waals surface area contributed by atoms with E-state index in [9.17, 15) is 13.2 Å². The lowest BCUT2D eigenvalue weighted by molar-refractivity contribution is 0.0955. The monoisotopic (exact) mass is 363 g/mol. The molecule has 0 aliphatic heterocycles. The van der Waals surface area contributed by atoms with E-state index in [4.69, 9.17) is 9.47 Å². The summed E-state index contributed by atoms with van der Waals surface area (Å²) >= 11 is 0. The van der Waals surface area contributed by atoms with Crippen LogP contribution in [0.3, 0.4) is 0 Å². The second-order valence-corrected chi connectivity index (χ2v) is 7.30. The van der Waals surface area contributed by atoms with Gasteiger partial charge in [0, 0.05) is 12.1 Å². The standard InChI is InChI=1S/C18H21NO5S/c1-3-24-16-10-9-14(13-17(16)23-2)18(20)19-11-12-25(21,22)15-7-5-4-6-8-15/h4-10,13H,3,11-12H2,1-2H3,(H,19,20). The van der Waals surface area contributed by atoms with Gasteiger partial charge in [-0.25, -0.2) is 8.42 Å². The Balaban J connectivity index is 1.99. The van der Waals surface area contributed by atoms with E-state index in [1.165, 1.54) is 19.2 Å². The van der Waals surface area contributed by atoms with Crippen LogP contribution in [0.25, 0.3) is 0 Å². The van der Waals surface area contributed by atoms with Crippen LogP contribution < -0.4 is 14.8 Å². The molecule has 0 aromatic heterocycles. The molecule has 0 aliphatic carbocycles. The maximum absolute atomic E-state index is 12.2. The van der Waals surface area contributed by atoms with Crippen LogP contribution in [-0.2, 0) is 9.84 Å². The molecular formula is C18H21NO5S. The molecule has 0 aliphatic rings. The highest BCUT2D eigenvalue weighted by Gasteiger charge is 2.15. The third kappa shape index (κ3) is 4.96. The van der Waals surface area contributed by atoms with Gasteiger partial charge in [0.2, 0.25) is 0 Å². The average Bonchev–Trinajstić information content (AvgIpc) is 2.62. The number of carbonyl (C=O) groups excluding carboxylic acids is 1. The van der Waals surface area contributed by atoms with Crippen LogP contribution in [0.15, 0.2) is 53.4 Å². The highest BCUT2D eigenvalue weighted by Crippen LogP contribution is 2.27. The molecular weight excluding hydrogens is 342 g/mol. The van der Waals surface area contributed by atoms with Gasteiger partial charge in [-0.05, 0) is 37.3 Å². The number of nitrogens with one attached hydrogen (secondary N) is 1. The molecule has 0 fully saturated rings. The first-order chi connectivity index (χ1) is 12.0. The largest absolute Gasteiger partial charge is 0.493 e. The molecule has 0 atom stereocenters. The minimum Gasteiger partial charge on any atom is -0.493 e. The van der Waals surface area contributed by atoms with Crippen molar-refractivity contribution in [2.24, 2.45) is 0 Å². The summed E-state index contributed by atoms with van der Waals surface area (Å²) in [6.45, 7) is 2.36. The van der Waals surface area contributed by atoms with Crippen LogP contribution in [0.2, 0.25) is 0 Å². The molecule has 2 aromatic rings. The lowest BCUT2D eigenvalue weighted by atomic mass is 10.2. The van der Waals surface area contributed by atoms with Crippen molar-refractivity contribution in [3.8, 4) is 11.5 Å². The van der Waals surface area contributed by atoms with Crippen LogP contribution in [0.4, 0.5) is 0 Å². The summed E-state index contributed by atoms with van der Waals surface area (Å²) in [5, 5.41) is 2.61. The zero-order valence-corrected chi connectivity index (χ0v) is 15.0. The molecule has 25 heavy (non-hydrogen) atoms. The molecule has 0 spiro atoms. The Hall–Kier alpha value is -2.54. The zero-order chi connectivity index (χ0) is 18.3. The predicted molar refractivity (Wildman–Crippen MR) is 95.0 cm³/mol. The number of hydrogen-bond acceptors (Lipinski definition) is 5. The maximum Gasteiger partial charge on any atom is 0.251 e. The number of ether oxygens (including phenoxy) is 2. The highest BCUT2D eigenvalue weighted by atomic mass is 32.2. The van der Waals surface area contributed by atoms with Crippen molar-refractivity contribution < 1.29 is 22.7 Å². The van der Waals surface area contributed by atoms with Crippen molar-refractivity contribution in [3.05, 3.63) is 54.1 Å². The Morgan fingerprint density at radius 1 is 1.08 bits per heavy atom. The van der Waals surface area contributed by atoms with Crippen molar-refractivity contribution in [1.29, 1.82) is 0 Å². The molecule has 0 heterocycles. The lowest BCUT2D eigenvalue weighted by Crippen LogP contribution is -2.29. The van der Waals surface area contributed by atoms with Crippen LogP contribution in [0.1, 0.15) is 17.3 Å². The lowest BCUT2D eigenvalue weighted by Gasteiger charge is -2.11. The van der Waals surface area contributed by atoms with Crippen LogP contribution >= 0.6 is 0 Å². The van der Waals surface area contributed by atoms with E-state index in [1.807, 2.05) is 6.92 Å². The SMILES string of the molecule is CCOc1ccc(C(=O)NCCS(=O)(=O)c2ccccc2)cc1OC. The topological polar surface area (TPSA) is 81.7 Å². The Morgan fingerprint density at radius 2 is 1.80 bits per heavy atom. The highest BCUT2D eigenvalue weighted by molar-refractivity contribution is 7.91. The fourth-order valence-electron chi connectivity index (χ4n) is 2.23. The predicted octanol–water partition coefficient (Wildman–Crippen LogP) is 2.30. The maximum atomic E-state index is 12.2. The third-order valence-electron chi connectivity index (χ3n) is 3.48. The number of rotatable bonds is 8. The summed E-state index contributed by atoms with van der Waals surface area (Å²) in [5.41, 5.74) is 0.373. The molecule has 0 saturated heterocycles. The normalized spacial score (nSPS) is 11.0. The number of carbonyl (C=O) groups is 1. The Kier molecular flexibility index (Phi) is 6.41. The van der Waals surface area contributed by atoms with Crippen molar-refractivity contribution in [2.45, 2.75) is 11.8 Å². The summed E-state index contributed by atoms with van der Waals surface area (Å²) in [6, 6.07) is 13.0. The summed E-state index contributed by atoms with van der Waals surface area (Å²) in [6.07, 6.45) is 0. The molecule has 2 rings (SSSR count). The minimum absolute atomic E-state index is 0.0194. The fraction of sp³-hybridized carbons (Fsp3) is 0.278. The number of sulfone groups is 1. The summed E-state index contributed by atoms with van der Waals surface area (Å²) in [4.78, 5) is 12.4. The average molecular weight is 363 g/mol. The van der Waals surface area contributed by atoms with E-state index >= 15 is 0 Å². The molecule has 1 N–H and O–H groups in total. The van der Waals surface area contributed by atoms with E-state index in [0.29, 0.717) is 23.7 Å². The molecule has 0 saturated carbocycles. The summed E-state index contributed by atoms with van der Waals surface area (Å²) in [5.74, 6) is 0.459. The van der Waals surface area contributed by atoms with Crippen molar-refractivity contribution >= 4 is 15.7 Å². The number of benzene rings is 2. The van der Waals surface area contributed by atoms with E-state index in [-0.39, 0.29) is 23.1 Å². The molecule has 7 heteroatoms. The van der Waals surface area contributed by atoms with Gasteiger partial charge in [0.1, 0.15) is 0 Å². The Labute approximate surface area is 147 Å². The molecule has 2 aromatic carbocycles. The van der Waals surface area contributed by atoms with E-state index in [0.717, 1.165) is 0 Å². The van der Waals surface area contributed by atoms with Crippen LogP contribution in [0.5, 0.6) is 11.5 Å². The van der Waals surface area contributed by atoms with E-state index in [1.54, 1.807) is 36.4 Å². The number of hydrogen-bond donors (Lipinski definition) is 1. The van der Waals surface area contributed by atoms with Gasteiger partial charge in [0.25, 0.3) is 5.91 Å². The first-order valence-electron chi connectivity index (χ1n) is 7.84. The first kappa shape index (κ1) is 18.8. The third-order valence-corrected chi connectivity index (χ3v) is 5.22. The molecule has 0 radical (unpaired) electrons. The second kappa shape index (κ2) is 8.53. The van der Waals surface area contributed by atoms with Gasteiger partial charge in [0.15, 0.2) is 21.3 Å². The smallest absolute Gasteiger partial charge is 0.251 e. The van der Waals surface area contributed by atoms with Gasteiger partial charge >= 0.3 is 0 Å². The van der Waals surface area contributed by atoms with Crippen LogP contribution in [0, 0.1) is 0 Å².